The highest BCUT2D eigenvalue weighted by Crippen LogP contribution is 2.32. The predicted molar refractivity (Wildman–Crippen MR) is 89.3 cm³/mol. The topological polar surface area (TPSA) is 29.1 Å². The first-order valence-electron chi connectivity index (χ1n) is 6.89. The molecule has 1 atom stereocenters. The third-order valence-corrected chi connectivity index (χ3v) is 4.17. The van der Waals surface area contributed by atoms with Crippen LogP contribution < -0.4 is 5.32 Å². The van der Waals surface area contributed by atoms with Crippen molar-refractivity contribution in [3.05, 3.63) is 52.4 Å². The number of hydrogen-bond donors (Lipinski definition) is 1. The van der Waals surface area contributed by atoms with Crippen molar-refractivity contribution >= 4 is 23.1 Å². The number of nitrogens with one attached hydrogen (secondary N) is 1. The molecule has 0 fully saturated rings. The van der Waals surface area contributed by atoms with Gasteiger partial charge in [-0.05, 0) is 43.7 Å². The lowest BCUT2D eigenvalue weighted by molar-refractivity contribution is -0.110. The Balaban J connectivity index is 2.92. The second-order valence-electron chi connectivity index (χ2n) is 4.86. The highest BCUT2D eigenvalue weighted by molar-refractivity contribution is 8.10. The fourth-order valence-electron chi connectivity index (χ4n) is 1.81. The van der Waals surface area contributed by atoms with Crippen molar-refractivity contribution in [2.45, 2.75) is 40.2 Å². The van der Waals surface area contributed by atoms with Gasteiger partial charge in [0.2, 0.25) is 6.41 Å². The highest BCUT2D eigenvalue weighted by Gasteiger charge is 2.06. The van der Waals surface area contributed by atoms with Gasteiger partial charge in [-0.3, -0.25) is 4.79 Å². The van der Waals surface area contributed by atoms with Crippen molar-refractivity contribution < 1.29 is 4.79 Å². The van der Waals surface area contributed by atoms with E-state index in [1.54, 1.807) is 11.8 Å². The zero-order valence-corrected chi connectivity index (χ0v) is 13.5. The van der Waals surface area contributed by atoms with Gasteiger partial charge in [-0.15, -0.1) is 0 Å². The molecule has 0 unspecified atom stereocenters. The van der Waals surface area contributed by atoms with E-state index >= 15 is 0 Å². The van der Waals surface area contributed by atoms with Crippen LogP contribution in [0.5, 0.6) is 0 Å². The van der Waals surface area contributed by atoms with Crippen LogP contribution in [0.15, 0.2) is 41.3 Å². The molecule has 0 saturated heterocycles. The first-order valence-corrected chi connectivity index (χ1v) is 7.77. The molecule has 1 N–H and O–H groups in total. The fourth-order valence-corrected chi connectivity index (χ4v) is 2.74. The number of allylic oxidation sites excluding steroid dienone is 2. The molecule has 0 aliphatic carbocycles. The van der Waals surface area contributed by atoms with Crippen LogP contribution in [0.25, 0.3) is 4.91 Å². The molecule has 1 aromatic rings. The maximum atomic E-state index is 10.5. The summed E-state index contributed by atoms with van der Waals surface area (Å²) in [7, 11) is 0. The molecule has 0 bridgehead atoms. The minimum absolute atomic E-state index is 0.0457. The second-order valence-corrected chi connectivity index (χ2v) is 5.77. The fraction of sp³-hybridized carbons (Fsp3) is 0.353. The summed E-state index contributed by atoms with van der Waals surface area (Å²) in [6.07, 6.45) is 3.96. The van der Waals surface area contributed by atoms with E-state index in [9.17, 15) is 4.79 Å². The average molecular weight is 289 g/mol. The number of amides is 1. The van der Waals surface area contributed by atoms with E-state index in [1.165, 1.54) is 16.0 Å². The van der Waals surface area contributed by atoms with E-state index in [0.717, 1.165) is 18.4 Å². The summed E-state index contributed by atoms with van der Waals surface area (Å²) >= 11 is 1.76. The van der Waals surface area contributed by atoms with Gasteiger partial charge in [0.15, 0.2) is 0 Å². The number of carbonyl (C=O) groups is 1. The quantitative estimate of drug-likeness (QED) is 0.723. The molecule has 108 valence electrons. The average Bonchev–Trinajstić information content (AvgIpc) is 2.44. The Morgan fingerprint density at radius 1 is 1.30 bits per heavy atom. The lowest BCUT2D eigenvalue weighted by Gasteiger charge is -2.12. The SMILES string of the molecule is CC/C=C/SC(=C(C)C)c1ccc([C@H](C)NC=O)cc1. The molecule has 20 heavy (non-hydrogen) atoms. The van der Waals surface area contributed by atoms with Crippen molar-refractivity contribution in [1.82, 2.24) is 5.32 Å². The molecule has 0 radical (unpaired) electrons. The summed E-state index contributed by atoms with van der Waals surface area (Å²) < 4.78 is 0. The van der Waals surface area contributed by atoms with E-state index in [4.69, 9.17) is 0 Å². The molecule has 0 aliphatic rings. The number of thioether (sulfide) groups is 1. The van der Waals surface area contributed by atoms with E-state index in [-0.39, 0.29) is 6.04 Å². The predicted octanol–water partition coefficient (Wildman–Crippen LogP) is 4.90. The van der Waals surface area contributed by atoms with Gasteiger partial charge in [0.05, 0.1) is 6.04 Å². The Hall–Kier alpha value is -1.48. The number of carbonyl (C=O) groups excluding carboxylic acids is 1. The van der Waals surface area contributed by atoms with Crippen molar-refractivity contribution in [3.63, 3.8) is 0 Å². The van der Waals surface area contributed by atoms with Crippen molar-refractivity contribution in [2.75, 3.05) is 0 Å². The molecule has 2 nitrogen and oxygen atoms in total. The Labute approximate surface area is 126 Å². The molecule has 0 aromatic heterocycles. The van der Waals surface area contributed by atoms with Crippen LogP contribution in [0.4, 0.5) is 0 Å². The Morgan fingerprint density at radius 3 is 2.45 bits per heavy atom. The van der Waals surface area contributed by atoms with Gasteiger partial charge in [0.25, 0.3) is 0 Å². The van der Waals surface area contributed by atoms with Gasteiger partial charge in [-0.2, -0.15) is 0 Å². The first kappa shape index (κ1) is 16.6. The molecule has 3 heteroatoms. The van der Waals surface area contributed by atoms with Gasteiger partial charge in [-0.1, -0.05) is 54.6 Å². The Kier molecular flexibility index (Phi) is 7.16. The van der Waals surface area contributed by atoms with Crippen molar-refractivity contribution in [3.8, 4) is 0 Å². The van der Waals surface area contributed by atoms with Gasteiger partial charge in [-0.25, -0.2) is 0 Å². The van der Waals surface area contributed by atoms with E-state index in [1.807, 2.05) is 6.92 Å². The minimum atomic E-state index is 0.0457. The molecule has 0 aliphatic heterocycles. The highest BCUT2D eigenvalue weighted by atomic mass is 32.2. The molecular formula is C17H23NOS. The molecule has 0 spiro atoms. The molecule has 1 amide bonds. The van der Waals surface area contributed by atoms with Crippen LogP contribution in [0, 0.1) is 0 Å². The number of rotatable bonds is 7. The molecular weight excluding hydrogens is 266 g/mol. The lowest BCUT2D eigenvalue weighted by atomic mass is 10.0. The molecule has 1 rings (SSSR count). The summed E-state index contributed by atoms with van der Waals surface area (Å²) in [5.41, 5.74) is 3.64. The smallest absolute Gasteiger partial charge is 0.207 e. The van der Waals surface area contributed by atoms with Gasteiger partial charge >= 0.3 is 0 Å². The molecule has 0 heterocycles. The normalized spacial score (nSPS) is 12.2. The van der Waals surface area contributed by atoms with Crippen LogP contribution in [0.2, 0.25) is 0 Å². The van der Waals surface area contributed by atoms with Crippen LogP contribution in [0.3, 0.4) is 0 Å². The van der Waals surface area contributed by atoms with Crippen LogP contribution >= 0.6 is 11.8 Å². The summed E-state index contributed by atoms with van der Waals surface area (Å²) in [5, 5.41) is 4.91. The standard InChI is InChI=1S/C17H23NOS/c1-5-6-11-20-17(13(2)3)16-9-7-15(8-10-16)14(4)18-12-19/h6-12,14H,5H2,1-4H3,(H,18,19)/b11-6+/t14-/m0/s1. The van der Waals surface area contributed by atoms with Crippen molar-refractivity contribution in [1.29, 1.82) is 0 Å². The number of benzene rings is 1. The Morgan fingerprint density at radius 2 is 1.95 bits per heavy atom. The summed E-state index contributed by atoms with van der Waals surface area (Å²) in [4.78, 5) is 11.8. The van der Waals surface area contributed by atoms with Crippen molar-refractivity contribution in [2.24, 2.45) is 0 Å². The van der Waals surface area contributed by atoms with E-state index in [0.29, 0.717) is 0 Å². The molecule has 0 saturated carbocycles. The lowest BCUT2D eigenvalue weighted by Crippen LogP contribution is -2.15. The third kappa shape index (κ3) is 4.89. The van der Waals surface area contributed by atoms with E-state index in [2.05, 4.69) is 61.8 Å². The van der Waals surface area contributed by atoms with Gasteiger partial charge < -0.3 is 5.32 Å². The van der Waals surface area contributed by atoms with Crippen LogP contribution in [-0.2, 0) is 4.79 Å². The third-order valence-electron chi connectivity index (χ3n) is 2.96. The van der Waals surface area contributed by atoms with Crippen LogP contribution in [0.1, 0.15) is 51.3 Å². The molecule has 1 aromatic carbocycles. The minimum Gasteiger partial charge on any atom is -0.352 e. The first-order chi connectivity index (χ1) is 9.60. The van der Waals surface area contributed by atoms with Crippen LogP contribution in [-0.4, -0.2) is 6.41 Å². The largest absolute Gasteiger partial charge is 0.352 e. The monoisotopic (exact) mass is 289 g/mol. The zero-order valence-electron chi connectivity index (χ0n) is 12.6. The zero-order chi connectivity index (χ0) is 15.0. The van der Waals surface area contributed by atoms with Gasteiger partial charge in [0.1, 0.15) is 0 Å². The summed E-state index contributed by atoms with van der Waals surface area (Å²) in [6, 6.07) is 8.43. The van der Waals surface area contributed by atoms with Gasteiger partial charge in [0, 0.05) is 4.91 Å². The number of hydrogen-bond acceptors (Lipinski definition) is 2. The van der Waals surface area contributed by atoms with E-state index < -0.39 is 0 Å². The maximum absolute atomic E-state index is 10.5. The Bertz CT molecular complexity index is 484. The summed E-state index contributed by atoms with van der Waals surface area (Å²) in [5.74, 6) is 0. The maximum Gasteiger partial charge on any atom is 0.207 e. The summed E-state index contributed by atoms with van der Waals surface area (Å²) in [6.45, 7) is 8.37. The second kappa shape index (κ2) is 8.64.